The predicted molar refractivity (Wildman–Crippen MR) is 78.7 cm³/mol. The molecule has 2 aliphatic rings. The molecule has 1 heterocycles. The van der Waals surface area contributed by atoms with Gasteiger partial charge in [-0.1, -0.05) is 6.07 Å². The van der Waals surface area contributed by atoms with Crippen molar-refractivity contribution in [2.45, 2.75) is 37.8 Å². The highest BCUT2D eigenvalue weighted by Crippen LogP contribution is 2.39. The molecule has 0 spiro atoms. The minimum absolute atomic E-state index is 0.0278. The van der Waals surface area contributed by atoms with Crippen molar-refractivity contribution >= 4 is 11.4 Å². The largest absolute Gasteiger partial charge is 0.750 e. The highest BCUT2D eigenvalue weighted by molar-refractivity contribution is 7.74. The van der Waals surface area contributed by atoms with E-state index in [9.17, 15) is 8.76 Å². The van der Waals surface area contributed by atoms with Crippen LogP contribution in [0.25, 0.3) is 0 Å². The monoisotopic (exact) mass is 310 g/mol. The van der Waals surface area contributed by atoms with Gasteiger partial charge in [-0.05, 0) is 62.0 Å². The van der Waals surface area contributed by atoms with Gasteiger partial charge in [-0.15, -0.1) is 0 Å². The number of fused-ring (bicyclic) bond motifs is 1. The van der Waals surface area contributed by atoms with Gasteiger partial charge < -0.3 is 9.29 Å². The first-order valence-electron chi connectivity index (χ1n) is 7.36. The van der Waals surface area contributed by atoms with Crippen molar-refractivity contribution < 1.29 is 17.7 Å². The number of ether oxygens (including phenoxy) is 1. The molecule has 1 fully saturated rings. The SMILES string of the molecule is COc1ccc2c(c1)CCC(OS(=O)[O-])C2N1CCCC1. The van der Waals surface area contributed by atoms with E-state index in [1.165, 1.54) is 11.1 Å². The Morgan fingerprint density at radius 3 is 2.76 bits per heavy atom. The topological polar surface area (TPSA) is 61.8 Å². The molecule has 0 aromatic heterocycles. The summed E-state index contributed by atoms with van der Waals surface area (Å²) in [7, 11) is 1.66. The second-order valence-corrected chi connectivity index (χ2v) is 6.23. The van der Waals surface area contributed by atoms with Crippen LogP contribution in [0.15, 0.2) is 18.2 Å². The Bertz CT molecular complexity index is 530. The maximum absolute atomic E-state index is 11.0. The van der Waals surface area contributed by atoms with Gasteiger partial charge in [0.2, 0.25) is 0 Å². The van der Waals surface area contributed by atoms with Gasteiger partial charge in [-0.25, -0.2) is 4.21 Å². The lowest BCUT2D eigenvalue weighted by Crippen LogP contribution is -2.39. The fourth-order valence-electron chi connectivity index (χ4n) is 3.52. The first-order chi connectivity index (χ1) is 10.2. The molecule has 21 heavy (non-hydrogen) atoms. The van der Waals surface area contributed by atoms with Crippen molar-refractivity contribution in [1.82, 2.24) is 4.90 Å². The molecule has 1 saturated heterocycles. The summed E-state index contributed by atoms with van der Waals surface area (Å²) in [6, 6.07) is 6.08. The summed E-state index contributed by atoms with van der Waals surface area (Å²) >= 11 is -2.47. The van der Waals surface area contributed by atoms with Crippen molar-refractivity contribution in [2.75, 3.05) is 20.2 Å². The van der Waals surface area contributed by atoms with E-state index in [1.54, 1.807) is 7.11 Å². The number of nitrogens with zero attached hydrogens (tertiary/aromatic N) is 1. The van der Waals surface area contributed by atoms with Crippen molar-refractivity contribution in [1.29, 1.82) is 0 Å². The highest BCUT2D eigenvalue weighted by Gasteiger charge is 2.36. The molecule has 3 atom stereocenters. The van der Waals surface area contributed by atoms with E-state index in [2.05, 4.69) is 17.0 Å². The van der Waals surface area contributed by atoms with Crippen LogP contribution in [0.3, 0.4) is 0 Å². The fourth-order valence-corrected chi connectivity index (χ4v) is 3.93. The molecule has 5 nitrogen and oxygen atoms in total. The third-order valence-electron chi connectivity index (χ3n) is 4.46. The molecule has 3 rings (SSSR count). The molecule has 1 aromatic rings. The average molecular weight is 310 g/mol. The molecule has 116 valence electrons. The molecule has 0 bridgehead atoms. The molecule has 0 radical (unpaired) electrons. The first-order valence-corrected chi connectivity index (χ1v) is 8.36. The highest BCUT2D eigenvalue weighted by atomic mass is 32.2. The summed E-state index contributed by atoms with van der Waals surface area (Å²) in [6.07, 6.45) is 3.57. The minimum Gasteiger partial charge on any atom is -0.750 e. The van der Waals surface area contributed by atoms with E-state index in [4.69, 9.17) is 8.92 Å². The second kappa shape index (κ2) is 6.44. The van der Waals surface area contributed by atoms with E-state index >= 15 is 0 Å². The van der Waals surface area contributed by atoms with Crippen molar-refractivity contribution in [3.8, 4) is 5.75 Å². The Balaban J connectivity index is 1.94. The van der Waals surface area contributed by atoms with Crippen LogP contribution in [0.4, 0.5) is 0 Å². The lowest BCUT2D eigenvalue weighted by Gasteiger charge is -2.39. The molecule has 1 aliphatic heterocycles. The molecule has 0 N–H and O–H groups in total. The quantitative estimate of drug-likeness (QED) is 0.796. The summed E-state index contributed by atoms with van der Waals surface area (Å²) < 4.78 is 32.4. The van der Waals surface area contributed by atoms with Gasteiger partial charge in [0.25, 0.3) is 0 Å². The van der Waals surface area contributed by atoms with E-state index in [1.807, 2.05) is 6.07 Å². The summed E-state index contributed by atoms with van der Waals surface area (Å²) in [5.41, 5.74) is 2.42. The molecule has 1 aromatic carbocycles. The minimum atomic E-state index is -2.47. The van der Waals surface area contributed by atoms with Gasteiger partial charge in [0.1, 0.15) is 5.75 Å². The smallest absolute Gasteiger partial charge is 0.119 e. The third kappa shape index (κ3) is 3.13. The maximum atomic E-state index is 11.0. The van der Waals surface area contributed by atoms with Gasteiger partial charge in [-0.2, -0.15) is 0 Å². The van der Waals surface area contributed by atoms with Gasteiger partial charge in [0.15, 0.2) is 0 Å². The van der Waals surface area contributed by atoms with E-state index in [0.717, 1.165) is 44.5 Å². The summed E-state index contributed by atoms with van der Waals surface area (Å²) in [5.74, 6) is 0.848. The number of methoxy groups -OCH3 is 1. The Hall–Kier alpha value is -0.950. The van der Waals surface area contributed by atoms with E-state index in [0.29, 0.717) is 0 Å². The van der Waals surface area contributed by atoms with E-state index in [-0.39, 0.29) is 12.1 Å². The number of hydrogen-bond acceptors (Lipinski definition) is 5. The van der Waals surface area contributed by atoms with Gasteiger partial charge in [-0.3, -0.25) is 9.08 Å². The first kappa shape index (κ1) is 15.0. The molecule has 0 amide bonds. The summed E-state index contributed by atoms with van der Waals surface area (Å²) in [6.45, 7) is 2.00. The van der Waals surface area contributed by atoms with Crippen LogP contribution in [0.2, 0.25) is 0 Å². The molecule has 6 heteroatoms. The standard InChI is InChI=1S/C15H21NO4S/c1-19-12-5-6-13-11(10-12)4-7-14(20-21(17)18)15(13)16-8-2-3-9-16/h5-6,10,14-15H,2-4,7-9H2,1H3,(H,17,18)/p-1. The summed E-state index contributed by atoms with van der Waals surface area (Å²) in [5, 5.41) is 0. The number of rotatable bonds is 4. The van der Waals surface area contributed by atoms with Crippen LogP contribution >= 0.6 is 0 Å². The summed E-state index contributed by atoms with van der Waals surface area (Å²) in [4.78, 5) is 2.35. The van der Waals surface area contributed by atoms with Gasteiger partial charge in [0, 0.05) is 0 Å². The Morgan fingerprint density at radius 2 is 2.10 bits per heavy atom. The molecular formula is C15H20NO4S-. The lowest BCUT2D eigenvalue weighted by molar-refractivity contribution is 0.0690. The molecule has 3 unspecified atom stereocenters. The third-order valence-corrected chi connectivity index (χ3v) is 4.86. The Morgan fingerprint density at radius 1 is 1.33 bits per heavy atom. The van der Waals surface area contributed by atoms with Crippen LogP contribution in [0, 0.1) is 0 Å². The lowest BCUT2D eigenvalue weighted by atomic mass is 9.84. The normalized spacial score (nSPS) is 27.3. The second-order valence-electron chi connectivity index (χ2n) is 5.63. The van der Waals surface area contributed by atoms with Crippen LogP contribution in [-0.2, 0) is 22.0 Å². The van der Waals surface area contributed by atoms with Gasteiger partial charge in [0.05, 0.1) is 30.6 Å². The van der Waals surface area contributed by atoms with E-state index < -0.39 is 11.4 Å². The predicted octanol–water partition coefficient (Wildman–Crippen LogP) is 1.96. The number of aryl methyl sites for hydroxylation is 1. The zero-order valence-corrected chi connectivity index (χ0v) is 12.9. The molecular weight excluding hydrogens is 290 g/mol. The number of likely N-dealkylation sites (tertiary alicyclic amines) is 1. The number of benzene rings is 1. The maximum Gasteiger partial charge on any atom is 0.119 e. The van der Waals surface area contributed by atoms with Crippen molar-refractivity contribution in [3.05, 3.63) is 29.3 Å². The Kier molecular flexibility index (Phi) is 4.59. The zero-order valence-electron chi connectivity index (χ0n) is 12.1. The Labute approximate surface area is 127 Å². The molecule has 1 aliphatic carbocycles. The van der Waals surface area contributed by atoms with Gasteiger partial charge >= 0.3 is 0 Å². The molecule has 0 saturated carbocycles. The van der Waals surface area contributed by atoms with Crippen LogP contribution in [-0.4, -0.2) is 40.0 Å². The average Bonchev–Trinajstić information content (AvgIpc) is 2.99. The van der Waals surface area contributed by atoms with Crippen LogP contribution in [0.5, 0.6) is 5.75 Å². The van der Waals surface area contributed by atoms with Crippen LogP contribution < -0.4 is 4.74 Å². The number of hydrogen-bond donors (Lipinski definition) is 0. The van der Waals surface area contributed by atoms with Crippen LogP contribution in [0.1, 0.15) is 36.4 Å². The van der Waals surface area contributed by atoms with Crippen molar-refractivity contribution in [2.24, 2.45) is 0 Å². The van der Waals surface area contributed by atoms with Crippen molar-refractivity contribution in [3.63, 3.8) is 0 Å². The zero-order chi connectivity index (χ0) is 14.8. The fraction of sp³-hybridized carbons (Fsp3) is 0.600.